The van der Waals surface area contributed by atoms with Crippen LogP contribution in [0.2, 0.25) is 0 Å². The van der Waals surface area contributed by atoms with Gasteiger partial charge >= 0.3 is 12.1 Å². The van der Waals surface area contributed by atoms with Crippen molar-refractivity contribution in [3.8, 4) is 0 Å². The summed E-state index contributed by atoms with van der Waals surface area (Å²) in [5.74, 6) is -0.829. The van der Waals surface area contributed by atoms with Gasteiger partial charge in [-0.05, 0) is 23.5 Å². The highest BCUT2D eigenvalue weighted by atomic mass is 16.5. The lowest BCUT2D eigenvalue weighted by Gasteiger charge is -2.19. The van der Waals surface area contributed by atoms with E-state index in [1.165, 1.54) is 0 Å². The van der Waals surface area contributed by atoms with Gasteiger partial charge in [-0.15, -0.1) is 0 Å². The Kier molecular flexibility index (Phi) is 9.37. The molecule has 0 aromatic heterocycles. The third kappa shape index (κ3) is 8.77. The molecule has 0 saturated carbocycles. The Morgan fingerprint density at radius 1 is 0.833 bits per heavy atom. The molecule has 0 heterocycles. The van der Waals surface area contributed by atoms with Gasteiger partial charge < -0.3 is 20.1 Å². The second-order valence-corrected chi connectivity index (χ2v) is 7.26. The molecule has 0 aliphatic rings. The number of amides is 2. The highest BCUT2D eigenvalue weighted by Gasteiger charge is 2.23. The predicted octanol–water partition coefficient (Wildman–Crippen LogP) is 3.19. The average Bonchev–Trinajstić information content (AvgIpc) is 2.75. The number of hydrogen-bond donors (Lipinski definition) is 2. The lowest BCUT2D eigenvalue weighted by atomic mass is 10.0. The number of rotatable bonds is 10. The molecule has 2 amide bonds. The molecule has 0 fully saturated rings. The molecule has 7 nitrogen and oxygen atoms in total. The Bertz CT molecular complexity index is 809. The topological polar surface area (TPSA) is 93.7 Å². The molecule has 160 valence electrons. The molecule has 0 radical (unpaired) electrons. The number of ether oxygens (including phenoxy) is 2. The molecule has 0 aliphatic heterocycles. The highest BCUT2D eigenvalue weighted by Crippen LogP contribution is 2.09. The highest BCUT2D eigenvalue weighted by molar-refractivity contribution is 5.87. The molecule has 1 unspecified atom stereocenters. The minimum atomic E-state index is -0.789. The van der Waals surface area contributed by atoms with E-state index in [-0.39, 0.29) is 25.7 Å². The summed E-state index contributed by atoms with van der Waals surface area (Å²) in [6, 6.07) is 17.7. The van der Waals surface area contributed by atoms with Crippen LogP contribution < -0.4 is 10.6 Å². The summed E-state index contributed by atoms with van der Waals surface area (Å²) in [5.41, 5.74) is 1.71. The zero-order valence-corrected chi connectivity index (χ0v) is 17.3. The molecule has 7 heteroatoms. The van der Waals surface area contributed by atoms with Crippen molar-refractivity contribution in [1.82, 2.24) is 10.6 Å². The minimum Gasteiger partial charge on any atom is -0.459 e. The van der Waals surface area contributed by atoms with Crippen molar-refractivity contribution in [3.63, 3.8) is 0 Å². The molecular weight excluding hydrogens is 384 g/mol. The van der Waals surface area contributed by atoms with Crippen LogP contribution in [0.3, 0.4) is 0 Å². The van der Waals surface area contributed by atoms with E-state index in [0.29, 0.717) is 6.42 Å². The lowest BCUT2D eigenvalue weighted by Crippen LogP contribution is -2.46. The summed E-state index contributed by atoms with van der Waals surface area (Å²) in [6.45, 7) is 3.84. The third-order valence-corrected chi connectivity index (χ3v) is 4.16. The Labute approximate surface area is 176 Å². The van der Waals surface area contributed by atoms with Crippen molar-refractivity contribution in [2.24, 2.45) is 5.92 Å². The van der Waals surface area contributed by atoms with E-state index < -0.39 is 24.0 Å². The molecular formula is C23H28N2O5. The second kappa shape index (κ2) is 12.3. The van der Waals surface area contributed by atoms with E-state index in [9.17, 15) is 14.4 Å². The first kappa shape index (κ1) is 22.9. The number of carbonyl (C=O) groups is 3. The van der Waals surface area contributed by atoms with Crippen molar-refractivity contribution in [2.75, 3.05) is 6.54 Å². The van der Waals surface area contributed by atoms with Gasteiger partial charge in [-0.1, -0.05) is 74.5 Å². The smallest absolute Gasteiger partial charge is 0.407 e. The van der Waals surface area contributed by atoms with Crippen LogP contribution in [0, 0.1) is 5.92 Å². The van der Waals surface area contributed by atoms with Gasteiger partial charge in [0.05, 0.1) is 0 Å². The monoisotopic (exact) mass is 412 g/mol. The van der Waals surface area contributed by atoms with Crippen molar-refractivity contribution in [1.29, 1.82) is 0 Å². The largest absolute Gasteiger partial charge is 0.459 e. The molecule has 2 aromatic rings. The van der Waals surface area contributed by atoms with Crippen LogP contribution in [-0.4, -0.2) is 30.6 Å². The first-order chi connectivity index (χ1) is 14.4. The van der Waals surface area contributed by atoms with Gasteiger partial charge in [-0.2, -0.15) is 0 Å². The van der Waals surface area contributed by atoms with Crippen molar-refractivity contribution in [3.05, 3.63) is 71.8 Å². The van der Waals surface area contributed by atoms with Gasteiger partial charge in [-0.25, -0.2) is 9.59 Å². The van der Waals surface area contributed by atoms with Crippen LogP contribution in [0.15, 0.2) is 60.7 Å². The Morgan fingerprint density at radius 3 is 1.90 bits per heavy atom. The molecule has 30 heavy (non-hydrogen) atoms. The second-order valence-electron chi connectivity index (χ2n) is 7.26. The number of benzene rings is 2. The van der Waals surface area contributed by atoms with Gasteiger partial charge in [0.15, 0.2) is 0 Å². The average molecular weight is 412 g/mol. The van der Waals surface area contributed by atoms with E-state index in [2.05, 4.69) is 10.6 Å². The van der Waals surface area contributed by atoms with Gasteiger partial charge in [0.2, 0.25) is 5.91 Å². The summed E-state index contributed by atoms with van der Waals surface area (Å²) in [5, 5.41) is 5.01. The van der Waals surface area contributed by atoms with Gasteiger partial charge in [-0.3, -0.25) is 4.79 Å². The predicted molar refractivity (Wildman–Crippen MR) is 112 cm³/mol. The van der Waals surface area contributed by atoms with E-state index >= 15 is 0 Å². The number of esters is 1. The number of nitrogens with one attached hydrogen (secondary N) is 2. The first-order valence-corrected chi connectivity index (χ1v) is 9.88. The Hall–Kier alpha value is -3.35. The quantitative estimate of drug-likeness (QED) is 0.585. The van der Waals surface area contributed by atoms with Gasteiger partial charge in [0.1, 0.15) is 25.8 Å². The summed E-state index contributed by atoms with van der Waals surface area (Å²) in [4.78, 5) is 36.4. The fraction of sp³-hybridized carbons (Fsp3) is 0.348. The van der Waals surface area contributed by atoms with Crippen molar-refractivity contribution >= 4 is 18.0 Å². The molecule has 0 bridgehead atoms. The summed E-state index contributed by atoms with van der Waals surface area (Å²) < 4.78 is 10.4. The fourth-order valence-electron chi connectivity index (χ4n) is 2.69. The molecule has 0 saturated heterocycles. The number of alkyl carbamates (subject to hydrolysis) is 1. The Balaban J connectivity index is 1.77. The molecule has 2 N–H and O–H groups in total. The fourth-order valence-corrected chi connectivity index (χ4v) is 2.69. The summed E-state index contributed by atoms with van der Waals surface area (Å²) in [6.07, 6.45) is -0.279. The maximum atomic E-state index is 12.4. The van der Waals surface area contributed by atoms with Crippen molar-refractivity contribution < 1.29 is 23.9 Å². The summed E-state index contributed by atoms with van der Waals surface area (Å²) in [7, 11) is 0. The normalized spacial score (nSPS) is 11.4. The molecule has 0 aliphatic carbocycles. The van der Waals surface area contributed by atoms with Crippen LogP contribution in [0.5, 0.6) is 0 Å². The van der Waals surface area contributed by atoms with E-state index in [1.807, 2.05) is 74.5 Å². The minimum absolute atomic E-state index is 0.107. The Morgan fingerprint density at radius 2 is 1.37 bits per heavy atom. The zero-order chi connectivity index (χ0) is 21.8. The van der Waals surface area contributed by atoms with Crippen molar-refractivity contribution in [2.45, 2.75) is 39.5 Å². The van der Waals surface area contributed by atoms with Crippen LogP contribution in [0.4, 0.5) is 4.79 Å². The van der Waals surface area contributed by atoms with E-state index in [4.69, 9.17) is 9.47 Å². The molecule has 2 aromatic carbocycles. The van der Waals surface area contributed by atoms with Crippen LogP contribution in [0.1, 0.15) is 31.4 Å². The van der Waals surface area contributed by atoms with Gasteiger partial charge in [0, 0.05) is 0 Å². The number of carbonyl (C=O) groups excluding carboxylic acids is 3. The lowest BCUT2D eigenvalue weighted by molar-refractivity contribution is -0.149. The van der Waals surface area contributed by atoms with E-state index in [0.717, 1.165) is 11.1 Å². The van der Waals surface area contributed by atoms with Crippen LogP contribution in [-0.2, 0) is 32.3 Å². The zero-order valence-electron chi connectivity index (χ0n) is 17.3. The maximum absolute atomic E-state index is 12.4. The number of hydrogen-bond acceptors (Lipinski definition) is 5. The molecule has 2 rings (SSSR count). The van der Waals surface area contributed by atoms with Gasteiger partial charge in [0.25, 0.3) is 0 Å². The summed E-state index contributed by atoms with van der Waals surface area (Å²) >= 11 is 0. The SMILES string of the molecule is CC(C)CC(NC(=O)CNC(=O)OCc1ccccc1)C(=O)OCc1ccccc1. The maximum Gasteiger partial charge on any atom is 0.407 e. The van der Waals surface area contributed by atoms with Crippen LogP contribution >= 0.6 is 0 Å². The standard InChI is InChI=1S/C23H28N2O5/c1-17(2)13-20(22(27)29-15-18-9-5-3-6-10-18)25-21(26)14-24-23(28)30-16-19-11-7-4-8-12-19/h3-12,17,20H,13-16H2,1-2H3,(H,24,28)(H,25,26). The third-order valence-electron chi connectivity index (χ3n) is 4.16. The van der Waals surface area contributed by atoms with Crippen LogP contribution in [0.25, 0.3) is 0 Å². The molecule has 1 atom stereocenters. The molecule has 0 spiro atoms. The van der Waals surface area contributed by atoms with E-state index in [1.54, 1.807) is 0 Å². The first-order valence-electron chi connectivity index (χ1n) is 9.88.